The van der Waals surface area contributed by atoms with Crippen LogP contribution in [0.15, 0.2) is 71.7 Å². The standard InChI is InChI=1S/C20H17NO3/c1-2-24-20(23)18-17(12-13-21-19(18)22)16-10-8-15(9-11-16)14-6-4-3-5-7-14/h3-13H,2H2,1H3,(H,21,22). The van der Waals surface area contributed by atoms with E-state index in [1.54, 1.807) is 13.0 Å². The maximum atomic E-state index is 12.1. The first kappa shape index (κ1) is 15.7. The minimum atomic E-state index is -0.610. The van der Waals surface area contributed by atoms with Crippen molar-refractivity contribution in [1.82, 2.24) is 4.98 Å². The Morgan fingerprint density at radius 3 is 2.21 bits per heavy atom. The molecule has 0 unspecified atom stereocenters. The van der Waals surface area contributed by atoms with Crippen molar-refractivity contribution < 1.29 is 9.53 Å². The van der Waals surface area contributed by atoms with Crippen molar-refractivity contribution in [1.29, 1.82) is 0 Å². The number of hydrogen-bond acceptors (Lipinski definition) is 3. The van der Waals surface area contributed by atoms with Crippen molar-refractivity contribution in [3.63, 3.8) is 0 Å². The van der Waals surface area contributed by atoms with Crippen molar-refractivity contribution in [2.45, 2.75) is 6.92 Å². The molecule has 1 aromatic heterocycles. The number of carbonyl (C=O) groups is 1. The number of hydrogen-bond donors (Lipinski definition) is 1. The van der Waals surface area contributed by atoms with Gasteiger partial charge in [-0.1, -0.05) is 54.6 Å². The lowest BCUT2D eigenvalue weighted by atomic mass is 9.98. The maximum Gasteiger partial charge on any atom is 0.344 e. The minimum Gasteiger partial charge on any atom is -0.462 e. The zero-order valence-corrected chi connectivity index (χ0v) is 13.3. The minimum absolute atomic E-state index is 0.0341. The third-order valence-electron chi connectivity index (χ3n) is 3.74. The first-order chi connectivity index (χ1) is 11.7. The molecule has 0 spiro atoms. The first-order valence-electron chi connectivity index (χ1n) is 7.75. The molecular weight excluding hydrogens is 302 g/mol. The van der Waals surface area contributed by atoms with E-state index in [2.05, 4.69) is 4.98 Å². The fourth-order valence-corrected chi connectivity index (χ4v) is 2.60. The summed E-state index contributed by atoms with van der Waals surface area (Å²) in [5.74, 6) is -0.610. The molecule has 4 heteroatoms. The third kappa shape index (κ3) is 3.13. The molecule has 0 atom stereocenters. The molecule has 120 valence electrons. The van der Waals surface area contributed by atoms with Crippen LogP contribution < -0.4 is 5.56 Å². The average Bonchev–Trinajstić information content (AvgIpc) is 2.62. The molecular formula is C20H17NO3. The van der Waals surface area contributed by atoms with Crippen LogP contribution in [0.25, 0.3) is 22.3 Å². The highest BCUT2D eigenvalue weighted by Gasteiger charge is 2.18. The van der Waals surface area contributed by atoms with E-state index in [9.17, 15) is 9.59 Å². The summed E-state index contributed by atoms with van der Waals surface area (Å²) in [4.78, 5) is 26.7. The van der Waals surface area contributed by atoms with Crippen molar-refractivity contribution in [2.24, 2.45) is 0 Å². The highest BCUT2D eigenvalue weighted by Crippen LogP contribution is 2.26. The molecule has 1 N–H and O–H groups in total. The van der Waals surface area contributed by atoms with E-state index in [4.69, 9.17) is 4.74 Å². The Morgan fingerprint density at radius 2 is 1.54 bits per heavy atom. The van der Waals surface area contributed by atoms with Crippen LogP contribution in [-0.2, 0) is 4.74 Å². The van der Waals surface area contributed by atoms with E-state index < -0.39 is 11.5 Å². The van der Waals surface area contributed by atoms with Gasteiger partial charge in [0, 0.05) is 11.8 Å². The van der Waals surface area contributed by atoms with Crippen LogP contribution in [0.2, 0.25) is 0 Å². The second-order valence-corrected chi connectivity index (χ2v) is 5.26. The Kier molecular flexibility index (Phi) is 4.57. The molecule has 24 heavy (non-hydrogen) atoms. The summed E-state index contributed by atoms with van der Waals surface area (Å²) >= 11 is 0. The zero-order chi connectivity index (χ0) is 16.9. The summed E-state index contributed by atoms with van der Waals surface area (Å²) in [5.41, 5.74) is 3.13. The van der Waals surface area contributed by atoms with Gasteiger partial charge in [0.05, 0.1) is 6.61 Å². The normalized spacial score (nSPS) is 10.4. The molecule has 0 radical (unpaired) electrons. The van der Waals surface area contributed by atoms with Crippen molar-refractivity contribution in [3.05, 3.63) is 82.8 Å². The topological polar surface area (TPSA) is 59.2 Å². The molecule has 1 heterocycles. The Morgan fingerprint density at radius 1 is 0.917 bits per heavy atom. The number of carbonyl (C=O) groups excluding carboxylic acids is 1. The van der Waals surface area contributed by atoms with Crippen LogP contribution in [0.1, 0.15) is 17.3 Å². The van der Waals surface area contributed by atoms with Gasteiger partial charge in [-0.2, -0.15) is 0 Å². The quantitative estimate of drug-likeness (QED) is 0.742. The number of ether oxygens (including phenoxy) is 1. The lowest BCUT2D eigenvalue weighted by Crippen LogP contribution is -2.20. The van der Waals surface area contributed by atoms with Gasteiger partial charge in [-0.3, -0.25) is 4.79 Å². The van der Waals surface area contributed by atoms with Gasteiger partial charge in [0.15, 0.2) is 0 Å². The number of benzene rings is 2. The summed E-state index contributed by atoms with van der Waals surface area (Å²) in [5, 5.41) is 0. The summed E-state index contributed by atoms with van der Waals surface area (Å²) in [6.45, 7) is 1.93. The predicted molar refractivity (Wildman–Crippen MR) is 93.9 cm³/mol. The SMILES string of the molecule is CCOC(=O)c1c(-c2ccc(-c3ccccc3)cc2)cc[nH]c1=O. The Labute approximate surface area is 139 Å². The van der Waals surface area contributed by atoms with Crippen molar-refractivity contribution in [3.8, 4) is 22.3 Å². The lowest BCUT2D eigenvalue weighted by Gasteiger charge is -2.09. The Hall–Kier alpha value is -3.14. The molecule has 0 aliphatic rings. The number of pyridine rings is 1. The smallest absolute Gasteiger partial charge is 0.344 e. The van der Waals surface area contributed by atoms with Gasteiger partial charge < -0.3 is 9.72 Å². The van der Waals surface area contributed by atoms with E-state index in [1.165, 1.54) is 6.20 Å². The van der Waals surface area contributed by atoms with Gasteiger partial charge in [0.25, 0.3) is 5.56 Å². The van der Waals surface area contributed by atoms with Crippen LogP contribution in [0.4, 0.5) is 0 Å². The largest absolute Gasteiger partial charge is 0.462 e. The molecule has 0 saturated heterocycles. The molecule has 0 bridgehead atoms. The predicted octanol–water partition coefficient (Wildman–Crippen LogP) is 3.89. The number of rotatable bonds is 4. The first-order valence-corrected chi connectivity index (χ1v) is 7.75. The van der Waals surface area contributed by atoms with Crippen molar-refractivity contribution in [2.75, 3.05) is 6.61 Å². The fourth-order valence-electron chi connectivity index (χ4n) is 2.60. The third-order valence-corrected chi connectivity index (χ3v) is 3.74. The van der Waals surface area contributed by atoms with E-state index in [0.717, 1.165) is 16.7 Å². The van der Waals surface area contributed by atoms with E-state index >= 15 is 0 Å². The van der Waals surface area contributed by atoms with Gasteiger partial charge >= 0.3 is 5.97 Å². The number of aromatic nitrogens is 1. The number of esters is 1. The van der Waals surface area contributed by atoms with Crippen LogP contribution >= 0.6 is 0 Å². The van der Waals surface area contributed by atoms with Crippen LogP contribution in [0, 0.1) is 0 Å². The van der Waals surface area contributed by atoms with Gasteiger partial charge in [-0.25, -0.2) is 4.79 Å². The summed E-state index contributed by atoms with van der Waals surface area (Å²) < 4.78 is 5.01. The fraction of sp³-hybridized carbons (Fsp3) is 0.100. The molecule has 0 fully saturated rings. The van der Waals surface area contributed by atoms with E-state index in [0.29, 0.717) is 5.56 Å². The van der Waals surface area contributed by atoms with E-state index in [-0.39, 0.29) is 12.2 Å². The lowest BCUT2D eigenvalue weighted by molar-refractivity contribution is 0.0525. The number of nitrogens with one attached hydrogen (secondary N) is 1. The highest BCUT2D eigenvalue weighted by atomic mass is 16.5. The molecule has 0 amide bonds. The van der Waals surface area contributed by atoms with Gasteiger partial charge in [-0.15, -0.1) is 0 Å². The molecule has 0 saturated carbocycles. The van der Waals surface area contributed by atoms with Gasteiger partial charge in [0.1, 0.15) is 5.56 Å². The second-order valence-electron chi connectivity index (χ2n) is 5.26. The summed E-state index contributed by atoms with van der Waals surface area (Å²) in [6.07, 6.45) is 1.53. The molecule has 0 aliphatic heterocycles. The molecule has 4 nitrogen and oxygen atoms in total. The van der Waals surface area contributed by atoms with Crippen LogP contribution in [-0.4, -0.2) is 17.6 Å². The average molecular weight is 319 g/mol. The molecule has 3 aromatic rings. The number of H-pyrrole nitrogens is 1. The molecule has 0 aliphatic carbocycles. The monoisotopic (exact) mass is 319 g/mol. The van der Waals surface area contributed by atoms with Crippen molar-refractivity contribution >= 4 is 5.97 Å². The molecule has 3 rings (SSSR count). The maximum absolute atomic E-state index is 12.1. The van der Waals surface area contributed by atoms with Crippen LogP contribution in [0.5, 0.6) is 0 Å². The highest BCUT2D eigenvalue weighted by molar-refractivity contribution is 5.97. The van der Waals surface area contributed by atoms with Gasteiger partial charge in [0.2, 0.25) is 0 Å². The van der Waals surface area contributed by atoms with Gasteiger partial charge in [-0.05, 0) is 29.7 Å². The molecule has 2 aromatic carbocycles. The second kappa shape index (κ2) is 6.96. The van der Waals surface area contributed by atoms with E-state index in [1.807, 2.05) is 54.6 Å². The number of aromatic amines is 1. The van der Waals surface area contributed by atoms with Crippen LogP contribution in [0.3, 0.4) is 0 Å². The Bertz CT molecular complexity index is 896. The zero-order valence-electron chi connectivity index (χ0n) is 13.3. The summed E-state index contributed by atoms with van der Waals surface area (Å²) in [6, 6.07) is 19.5. The summed E-state index contributed by atoms with van der Waals surface area (Å²) in [7, 11) is 0. The Balaban J connectivity index is 2.03.